The largest absolute Gasteiger partial charge is 0.334 e. The fourth-order valence-electron chi connectivity index (χ4n) is 2.00. The SMILES string of the molecule is CCC(=O)ON=C(C)c1ccc(-c2ccccc2[N+](=O)[O-])cc1. The standard InChI is InChI=1S/C17H16N2O4/c1-3-17(20)23-18-12(2)13-8-10-14(11-9-13)15-6-4-5-7-16(15)19(21)22/h4-11H,3H2,1-2H3. The molecule has 0 radical (unpaired) electrons. The molecule has 0 saturated carbocycles. The van der Waals surface area contributed by atoms with E-state index >= 15 is 0 Å². The van der Waals surface area contributed by atoms with Crippen LogP contribution in [0.3, 0.4) is 0 Å². The van der Waals surface area contributed by atoms with Crippen molar-refractivity contribution in [2.45, 2.75) is 20.3 Å². The summed E-state index contributed by atoms with van der Waals surface area (Å²) >= 11 is 0. The number of nitro benzene ring substituents is 1. The minimum atomic E-state index is -0.403. The molecule has 0 saturated heterocycles. The van der Waals surface area contributed by atoms with Crippen molar-refractivity contribution in [2.24, 2.45) is 5.16 Å². The molecule has 0 aromatic heterocycles. The van der Waals surface area contributed by atoms with Crippen LogP contribution in [0.5, 0.6) is 0 Å². The van der Waals surface area contributed by atoms with E-state index in [2.05, 4.69) is 5.16 Å². The van der Waals surface area contributed by atoms with Crippen molar-refractivity contribution in [1.29, 1.82) is 0 Å². The van der Waals surface area contributed by atoms with Crippen molar-refractivity contribution in [3.63, 3.8) is 0 Å². The highest BCUT2D eigenvalue weighted by Gasteiger charge is 2.14. The van der Waals surface area contributed by atoms with Gasteiger partial charge in [0.15, 0.2) is 0 Å². The van der Waals surface area contributed by atoms with Crippen molar-refractivity contribution in [3.8, 4) is 11.1 Å². The van der Waals surface area contributed by atoms with E-state index in [1.54, 1.807) is 56.3 Å². The van der Waals surface area contributed by atoms with Gasteiger partial charge in [0.1, 0.15) is 0 Å². The van der Waals surface area contributed by atoms with Crippen molar-refractivity contribution in [3.05, 3.63) is 64.2 Å². The quantitative estimate of drug-likeness (QED) is 0.362. The topological polar surface area (TPSA) is 81.8 Å². The van der Waals surface area contributed by atoms with Crippen LogP contribution in [0.15, 0.2) is 53.7 Å². The van der Waals surface area contributed by atoms with Gasteiger partial charge in [-0.1, -0.05) is 48.5 Å². The van der Waals surface area contributed by atoms with Gasteiger partial charge in [-0.25, -0.2) is 4.79 Å². The second kappa shape index (κ2) is 7.31. The van der Waals surface area contributed by atoms with Crippen LogP contribution in [0, 0.1) is 10.1 Å². The summed E-state index contributed by atoms with van der Waals surface area (Å²) in [5.74, 6) is -0.402. The molecular weight excluding hydrogens is 296 g/mol. The predicted octanol–water partition coefficient (Wildman–Crippen LogP) is 3.94. The maximum Gasteiger partial charge on any atom is 0.334 e. The monoisotopic (exact) mass is 312 g/mol. The van der Waals surface area contributed by atoms with Gasteiger partial charge >= 0.3 is 5.97 Å². The van der Waals surface area contributed by atoms with Gasteiger partial charge < -0.3 is 4.84 Å². The van der Waals surface area contributed by atoms with Crippen LogP contribution >= 0.6 is 0 Å². The molecule has 2 aromatic rings. The van der Waals surface area contributed by atoms with Crippen molar-refractivity contribution >= 4 is 17.4 Å². The summed E-state index contributed by atoms with van der Waals surface area (Å²) in [5, 5.41) is 14.9. The van der Waals surface area contributed by atoms with Crippen LogP contribution in [0.1, 0.15) is 25.8 Å². The van der Waals surface area contributed by atoms with Gasteiger partial charge in [0.25, 0.3) is 5.69 Å². The fraction of sp³-hybridized carbons (Fsp3) is 0.176. The molecule has 0 amide bonds. The van der Waals surface area contributed by atoms with E-state index in [9.17, 15) is 14.9 Å². The molecule has 0 N–H and O–H groups in total. The van der Waals surface area contributed by atoms with Crippen molar-refractivity contribution in [1.82, 2.24) is 0 Å². The number of rotatable bonds is 5. The number of oxime groups is 1. The number of benzene rings is 2. The first-order valence-electron chi connectivity index (χ1n) is 7.11. The lowest BCUT2D eigenvalue weighted by molar-refractivity contribution is -0.384. The van der Waals surface area contributed by atoms with Gasteiger partial charge in [-0.3, -0.25) is 10.1 Å². The molecule has 0 aliphatic carbocycles. The summed E-state index contributed by atoms with van der Waals surface area (Å²) in [6.07, 6.45) is 0.257. The predicted molar refractivity (Wildman–Crippen MR) is 87.1 cm³/mol. The Hall–Kier alpha value is -3.02. The molecule has 6 nitrogen and oxygen atoms in total. The summed E-state index contributed by atoms with van der Waals surface area (Å²) in [5.41, 5.74) is 2.68. The van der Waals surface area contributed by atoms with Crippen molar-refractivity contribution in [2.75, 3.05) is 0 Å². The van der Waals surface area contributed by atoms with E-state index in [0.717, 1.165) is 11.1 Å². The van der Waals surface area contributed by atoms with Crippen LogP contribution in [0.25, 0.3) is 11.1 Å². The Morgan fingerprint density at radius 3 is 2.43 bits per heavy atom. The summed E-state index contributed by atoms with van der Waals surface area (Å²) < 4.78 is 0. The molecule has 0 aliphatic rings. The van der Waals surface area contributed by atoms with Crippen LogP contribution in [-0.2, 0) is 9.63 Å². The maximum atomic E-state index is 11.1. The van der Waals surface area contributed by atoms with Crippen LogP contribution < -0.4 is 0 Å². The first-order valence-corrected chi connectivity index (χ1v) is 7.11. The van der Waals surface area contributed by atoms with Gasteiger partial charge in [-0.15, -0.1) is 0 Å². The molecular formula is C17H16N2O4. The average Bonchev–Trinajstić information content (AvgIpc) is 2.59. The molecule has 0 fully saturated rings. The molecule has 0 heterocycles. The molecule has 6 heteroatoms. The van der Waals surface area contributed by atoms with E-state index < -0.39 is 10.9 Å². The lowest BCUT2D eigenvalue weighted by Gasteiger charge is -2.05. The number of hydrogen-bond donors (Lipinski definition) is 0. The van der Waals surface area contributed by atoms with Crippen LogP contribution in [-0.4, -0.2) is 16.6 Å². The molecule has 2 rings (SSSR count). The highest BCUT2D eigenvalue weighted by atomic mass is 16.7. The third-order valence-electron chi connectivity index (χ3n) is 3.29. The van der Waals surface area contributed by atoms with Crippen LogP contribution in [0.4, 0.5) is 5.69 Å². The highest BCUT2D eigenvalue weighted by molar-refractivity contribution is 5.99. The van der Waals surface area contributed by atoms with E-state index in [1.165, 1.54) is 6.07 Å². The number of nitrogens with zero attached hydrogens (tertiary/aromatic N) is 2. The van der Waals surface area contributed by atoms with Gasteiger partial charge in [0.05, 0.1) is 16.2 Å². The third kappa shape index (κ3) is 4.00. The van der Waals surface area contributed by atoms with Crippen molar-refractivity contribution < 1.29 is 14.6 Å². The zero-order chi connectivity index (χ0) is 16.8. The first kappa shape index (κ1) is 16.4. The summed E-state index contributed by atoms with van der Waals surface area (Å²) in [6, 6.07) is 13.7. The van der Waals surface area contributed by atoms with Gasteiger partial charge in [-0.2, -0.15) is 0 Å². The van der Waals surface area contributed by atoms with E-state index in [-0.39, 0.29) is 12.1 Å². The molecule has 0 spiro atoms. The fourth-order valence-corrected chi connectivity index (χ4v) is 2.00. The molecule has 2 aromatic carbocycles. The van der Waals surface area contributed by atoms with Gasteiger partial charge in [-0.05, 0) is 24.1 Å². The minimum absolute atomic E-state index is 0.0579. The third-order valence-corrected chi connectivity index (χ3v) is 3.29. The second-order valence-corrected chi connectivity index (χ2v) is 4.85. The molecule has 23 heavy (non-hydrogen) atoms. The minimum Gasteiger partial charge on any atom is -0.318 e. The molecule has 0 bridgehead atoms. The number of hydrogen-bond acceptors (Lipinski definition) is 5. The normalized spacial score (nSPS) is 11.1. The Balaban J connectivity index is 2.27. The zero-order valence-electron chi connectivity index (χ0n) is 12.9. The van der Waals surface area contributed by atoms with E-state index in [4.69, 9.17) is 4.84 Å². The Morgan fingerprint density at radius 1 is 1.17 bits per heavy atom. The van der Waals surface area contributed by atoms with E-state index in [1.807, 2.05) is 0 Å². The summed E-state index contributed by atoms with van der Waals surface area (Å²) in [4.78, 5) is 26.5. The molecule has 118 valence electrons. The Morgan fingerprint density at radius 2 is 1.83 bits per heavy atom. The highest BCUT2D eigenvalue weighted by Crippen LogP contribution is 2.29. The number of carbonyl (C=O) groups is 1. The first-order chi connectivity index (χ1) is 11.0. The van der Waals surface area contributed by atoms with E-state index in [0.29, 0.717) is 11.3 Å². The Bertz CT molecular complexity index is 751. The molecule has 0 aliphatic heterocycles. The van der Waals surface area contributed by atoms with Crippen LogP contribution in [0.2, 0.25) is 0 Å². The lowest BCUT2D eigenvalue weighted by Crippen LogP contribution is -2.01. The second-order valence-electron chi connectivity index (χ2n) is 4.85. The van der Waals surface area contributed by atoms with Gasteiger partial charge in [0, 0.05) is 12.5 Å². The van der Waals surface area contributed by atoms with Gasteiger partial charge in [0.2, 0.25) is 0 Å². The summed E-state index contributed by atoms with van der Waals surface area (Å²) in [7, 11) is 0. The Labute approximate surface area is 133 Å². The number of nitro groups is 1. The smallest absolute Gasteiger partial charge is 0.318 e. The molecule has 0 unspecified atom stereocenters. The summed E-state index contributed by atoms with van der Waals surface area (Å²) in [6.45, 7) is 3.41. The maximum absolute atomic E-state index is 11.1. The zero-order valence-corrected chi connectivity index (χ0v) is 12.9. The number of carbonyl (C=O) groups excluding carboxylic acids is 1. The molecule has 0 atom stereocenters. The number of para-hydroxylation sites is 1. The lowest BCUT2D eigenvalue weighted by atomic mass is 10.0. The Kier molecular flexibility index (Phi) is 5.19. The average molecular weight is 312 g/mol.